The van der Waals surface area contributed by atoms with E-state index in [2.05, 4.69) is 323 Å². The molecule has 0 spiro atoms. The Kier molecular flexibility index (Phi) is 10.3. The molecule has 0 saturated heterocycles. The minimum atomic E-state index is 0.902. The fourth-order valence-corrected chi connectivity index (χ4v) is 16.2. The Labute approximate surface area is 534 Å². The first-order chi connectivity index (χ1) is 46.1. The fraction of sp³-hybridized carbons (Fsp3) is 0. The highest BCUT2D eigenvalue weighted by molar-refractivity contribution is 6.20. The molecule has 0 amide bonds. The number of nitrogens with zero attached hydrogens (tertiary/aromatic N) is 5. The summed E-state index contributed by atoms with van der Waals surface area (Å²) in [5, 5.41) is 12.1. The molecule has 0 N–H and O–H groups in total. The van der Waals surface area contributed by atoms with Crippen LogP contribution in [0.5, 0.6) is 0 Å². The number of fused-ring (bicyclic) bond motifs is 16. The van der Waals surface area contributed by atoms with E-state index >= 15 is 0 Å². The SMILES string of the molecule is c1ccc(-c2ccc3c(c2)c2cc(-c4cccc(-c5cccc6c5-c5cccc7nc(-n8c9ccccc9c9cc(-c%10ccc%11c(c%10)c%10ccccc%10n%11-c%10ccc%11ccccc%11c%10)ccc98)cc-6c57)c4)ccc2n3-c2cc3c4c(cccc4n2)-c2ccccc2-3)cc1. The molecule has 5 nitrogen and oxygen atoms in total. The van der Waals surface area contributed by atoms with Crippen LogP contribution in [-0.2, 0) is 0 Å². The highest BCUT2D eigenvalue weighted by atomic mass is 15.1. The van der Waals surface area contributed by atoms with Gasteiger partial charge in [-0.3, -0.25) is 9.13 Å². The van der Waals surface area contributed by atoms with Crippen molar-refractivity contribution in [2.45, 2.75) is 0 Å². The second-order valence-corrected chi connectivity index (χ2v) is 25.2. The second kappa shape index (κ2) is 19.0. The Balaban J connectivity index is 0.668. The lowest BCUT2D eigenvalue weighted by Crippen LogP contribution is -1.98. The maximum atomic E-state index is 5.58. The van der Waals surface area contributed by atoms with Gasteiger partial charge in [-0.25, -0.2) is 9.97 Å². The maximum absolute atomic E-state index is 5.58. The molecule has 19 aromatic rings. The van der Waals surface area contributed by atoms with Crippen LogP contribution in [0, 0.1) is 0 Å². The summed E-state index contributed by atoms with van der Waals surface area (Å²) in [4.78, 5) is 11.0. The summed E-state index contributed by atoms with van der Waals surface area (Å²) in [6.07, 6.45) is 0. The molecular formula is C88H51N5. The molecule has 0 unspecified atom stereocenters. The molecule has 428 valence electrons. The van der Waals surface area contributed by atoms with Crippen LogP contribution in [0.15, 0.2) is 309 Å². The van der Waals surface area contributed by atoms with Gasteiger partial charge in [0.1, 0.15) is 11.6 Å². The van der Waals surface area contributed by atoms with Crippen LogP contribution in [0.3, 0.4) is 0 Å². The number of para-hydroxylation sites is 2. The smallest absolute Gasteiger partial charge is 0.138 e. The van der Waals surface area contributed by atoms with E-state index in [0.29, 0.717) is 0 Å². The van der Waals surface area contributed by atoms with Gasteiger partial charge in [0.15, 0.2) is 0 Å². The summed E-state index contributed by atoms with van der Waals surface area (Å²) in [6, 6.07) is 114. The third-order valence-corrected chi connectivity index (χ3v) is 20.3. The van der Waals surface area contributed by atoms with E-state index in [1.54, 1.807) is 0 Å². The standard InChI is InChI=1S/C88H51N5/c1-2-16-52(17-3-1)56-35-41-82-72(46-56)73-49-57(37-43-83(73)93(82)84-50-74-64-23-7-6-22-63(64)67-28-14-30-76(89-84)87(67)74)54-20-12-21-60(44-54)62-26-13-27-68-75-51-85(90-77-31-15-29-69(86(62)68)88(75)77)92-79-33-11-9-25-66(79)71-48-59(38-42-81(71)92)58-36-40-80-70(47-58)65-24-8-10-32-78(65)91(80)61-39-34-53-18-4-5-19-55(53)45-61/h1-51H. The van der Waals surface area contributed by atoms with Gasteiger partial charge in [-0.1, -0.05) is 206 Å². The Hall–Kier alpha value is -12.4. The zero-order valence-corrected chi connectivity index (χ0v) is 50.2. The highest BCUT2D eigenvalue weighted by Crippen LogP contribution is 2.53. The molecule has 5 heterocycles. The molecule has 0 aliphatic heterocycles. The van der Waals surface area contributed by atoms with Crippen molar-refractivity contribution in [2.24, 2.45) is 0 Å². The minimum Gasteiger partial charge on any atom is -0.309 e. The molecular weight excluding hydrogens is 1130 g/mol. The molecule has 21 rings (SSSR count). The van der Waals surface area contributed by atoms with Gasteiger partial charge in [0.2, 0.25) is 0 Å². The summed E-state index contributed by atoms with van der Waals surface area (Å²) in [5.41, 5.74) is 29.3. The van der Waals surface area contributed by atoms with E-state index in [-0.39, 0.29) is 0 Å². The minimum absolute atomic E-state index is 0.902. The molecule has 0 bridgehead atoms. The van der Waals surface area contributed by atoms with Gasteiger partial charge in [-0.15, -0.1) is 0 Å². The van der Waals surface area contributed by atoms with E-state index in [4.69, 9.17) is 9.97 Å². The maximum Gasteiger partial charge on any atom is 0.138 e. The summed E-state index contributed by atoms with van der Waals surface area (Å²) >= 11 is 0. The van der Waals surface area contributed by atoms with E-state index in [1.807, 2.05) is 0 Å². The quantitative estimate of drug-likeness (QED) is 0.160. The number of rotatable bonds is 7. The molecule has 0 fully saturated rings. The van der Waals surface area contributed by atoms with Gasteiger partial charge in [0.05, 0.1) is 44.1 Å². The molecule has 14 aromatic carbocycles. The predicted molar refractivity (Wildman–Crippen MR) is 388 cm³/mol. The van der Waals surface area contributed by atoms with Gasteiger partial charge in [0.25, 0.3) is 0 Å². The summed E-state index contributed by atoms with van der Waals surface area (Å²) in [6.45, 7) is 0. The first-order valence-electron chi connectivity index (χ1n) is 32.0. The summed E-state index contributed by atoms with van der Waals surface area (Å²) in [5.74, 6) is 1.82. The van der Waals surface area contributed by atoms with E-state index < -0.39 is 0 Å². The third kappa shape index (κ3) is 7.27. The van der Waals surface area contributed by atoms with E-state index in [0.717, 1.165) is 61.6 Å². The van der Waals surface area contributed by atoms with Crippen molar-refractivity contribution < 1.29 is 0 Å². The van der Waals surface area contributed by atoms with Gasteiger partial charge >= 0.3 is 0 Å². The van der Waals surface area contributed by atoms with Crippen LogP contribution in [-0.4, -0.2) is 23.7 Å². The molecule has 2 aliphatic carbocycles. The topological polar surface area (TPSA) is 40.6 Å². The number of benzene rings is 14. The Morgan fingerprint density at radius 2 is 0.624 bits per heavy atom. The molecule has 0 atom stereocenters. The monoisotopic (exact) mass is 1180 g/mol. The lowest BCUT2D eigenvalue weighted by Gasteiger charge is -2.13. The number of aromatic nitrogens is 5. The zero-order chi connectivity index (χ0) is 60.6. The van der Waals surface area contributed by atoms with Crippen LogP contribution >= 0.6 is 0 Å². The molecule has 93 heavy (non-hydrogen) atoms. The summed E-state index contributed by atoms with van der Waals surface area (Å²) < 4.78 is 7.17. The van der Waals surface area contributed by atoms with Gasteiger partial charge in [-0.2, -0.15) is 0 Å². The van der Waals surface area contributed by atoms with Crippen molar-refractivity contribution in [3.63, 3.8) is 0 Å². The molecule has 0 saturated carbocycles. The normalized spacial score (nSPS) is 12.3. The Bertz CT molecular complexity index is 6490. The molecule has 0 radical (unpaired) electrons. The van der Waals surface area contributed by atoms with Crippen LogP contribution in [0.1, 0.15) is 0 Å². The molecule has 5 heteroatoms. The van der Waals surface area contributed by atoms with Crippen molar-refractivity contribution in [3.05, 3.63) is 309 Å². The number of pyridine rings is 2. The zero-order valence-electron chi connectivity index (χ0n) is 50.2. The van der Waals surface area contributed by atoms with Gasteiger partial charge in [0, 0.05) is 48.8 Å². The first kappa shape index (κ1) is 50.4. The third-order valence-electron chi connectivity index (χ3n) is 20.3. The van der Waals surface area contributed by atoms with Crippen LogP contribution in [0.4, 0.5) is 0 Å². The van der Waals surface area contributed by atoms with Crippen LogP contribution < -0.4 is 0 Å². The number of hydrogen-bond acceptors (Lipinski definition) is 2. The van der Waals surface area contributed by atoms with Crippen molar-refractivity contribution >= 4 is 98.0 Å². The van der Waals surface area contributed by atoms with Crippen molar-refractivity contribution in [1.29, 1.82) is 0 Å². The lowest BCUT2D eigenvalue weighted by molar-refractivity contribution is 1.10. The predicted octanol–water partition coefficient (Wildman–Crippen LogP) is 23.2. The Morgan fingerprint density at radius 3 is 1.28 bits per heavy atom. The first-order valence-corrected chi connectivity index (χ1v) is 32.0. The van der Waals surface area contributed by atoms with Gasteiger partial charge < -0.3 is 4.57 Å². The average Bonchev–Trinajstić information content (AvgIpc) is 1.58. The van der Waals surface area contributed by atoms with Crippen LogP contribution in [0.25, 0.3) is 204 Å². The lowest BCUT2D eigenvalue weighted by atomic mass is 9.91. The highest BCUT2D eigenvalue weighted by Gasteiger charge is 2.29. The van der Waals surface area contributed by atoms with E-state index in [9.17, 15) is 0 Å². The van der Waals surface area contributed by atoms with Crippen molar-refractivity contribution in [1.82, 2.24) is 23.7 Å². The average molecular weight is 1180 g/mol. The van der Waals surface area contributed by atoms with Crippen LogP contribution in [0.2, 0.25) is 0 Å². The molecule has 2 aliphatic rings. The summed E-state index contributed by atoms with van der Waals surface area (Å²) in [7, 11) is 0. The molecule has 5 aromatic heterocycles. The fourth-order valence-electron chi connectivity index (χ4n) is 16.2. The Morgan fingerprint density at radius 1 is 0.204 bits per heavy atom. The van der Waals surface area contributed by atoms with E-state index in [1.165, 1.54) is 143 Å². The van der Waals surface area contributed by atoms with Gasteiger partial charge in [-0.05, 0) is 203 Å². The second-order valence-electron chi connectivity index (χ2n) is 25.2. The van der Waals surface area contributed by atoms with Crippen molar-refractivity contribution in [2.75, 3.05) is 0 Å². The number of hydrogen-bond donors (Lipinski definition) is 0. The van der Waals surface area contributed by atoms with Crippen molar-refractivity contribution in [3.8, 4) is 106 Å². The largest absolute Gasteiger partial charge is 0.309 e.